The minimum absolute atomic E-state index is 0.0869. The summed E-state index contributed by atoms with van der Waals surface area (Å²) in [5.74, 6) is -0.481. The van der Waals surface area contributed by atoms with Gasteiger partial charge in [0.05, 0.1) is 6.61 Å². The number of hydrogen-bond acceptors (Lipinski definition) is 6. The van der Waals surface area contributed by atoms with E-state index in [1.54, 1.807) is 0 Å². The Kier molecular flexibility index (Phi) is 10.0. The van der Waals surface area contributed by atoms with Gasteiger partial charge in [-0.3, -0.25) is 4.79 Å². The second-order valence-electron chi connectivity index (χ2n) is 2.47. The molecule has 0 aliphatic carbocycles. The molecular weight excluding hydrogens is 206 g/mol. The highest BCUT2D eigenvalue weighted by molar-refractivity contribution is 5.84. The molecule has 0 aliphatic heterocycles. The molecule has 7 heteroatoms. The summed E-state index contributed by atoms with van der Waals surface area (Å²) in [5, 5.41) is 34.1. The highest BCUT2D eigenvalue weighted by atomic mass is 16.4. The highest BCUT2D eigenvalue weighted by Crippen LogP contribution is 1.96. The number of rotatable bonds is 5. The molecule has 0 heterocycles. The van der Waals surface area contributed by atoms with Crippen molar-refractivity contribution in [2.75, 3.05) is 6.61 Å². The Balaban J connectivity index is 0. The Morgan fingerprint density at radius 1 is 1.40 bits per heavy atom. The third-order valence-corrected chi connectivity index (χ3v) is 1.27. The molecule has 0 saturated heterocycles. The SMILES string of the molecule is C=CC(N)=O.O=C[C@@H](O)[C@@H](O)[C@H](O)CO. The van der Waals surface area contributed by atoms with Crippen LogP contribution in [0.15, 0.2) is 12.7 Å². The number of hydrogen-bond donors (Lipinski definition) is 5. The number of carbonyl (C=O) groups excluding carboxylic acids is 2. The van der Waals surface area contributed by atoms with Gasteiger partial charge in [-0.05, 0) is 6.08 Å². The molecule has 0 fully saturated rings. The van der Waals surface area contributed by atoms with Crippen LogP contribution in [-0.4, -0.2) is 57.5 Å². The van der Waals surface area contributed by atoms with Crippen molar-refractivity contribution >= 4 is 12.2 Å². The van der Waals surface area contributed by atoms with E-state index in [1.165, 1.54) is 0 Å². The van der Waals surface area contributed by atoms with E-state index in [0.717, 1.165) is 6.08 Å². The van der Waals surface area contributed by atoms with Gasteiger partial charge in [0.25, 0.3) is 0 Å². The average molecular weight is 221 g/mol. The third kappa shape index (κ3) is 9.03. The summed E-state index contributed by atoms with van der Waals surface area (Å²) < 4.78 is 0. The van der Waals surface area contributed by atoms with Crippen LogP contribution < -0.4 is 5.73 Å². The number of nitrogens with two attached hydrogens (primary N) is 1. The number of aldehydes is 1. The van der Waals surface area contributed by atoms with E-state index < -0.39 is 30.8 Å². The van der Waals surface area contributed by atoms with Crippen LogP contribution in [0.3, 0.4) is 0 Å². The molecule has 7 nitrogen and oxygen atoms in total. The molecule has 0 aromatic carbocycles. The van der Waals surface area contributed by atoms with Gasteiger partial charge in [-0.25, -0.2) is 0 Å². The Labute approximate surface area is 86.4 Å². The first-order valence-corrected chi connectivity index (χ1v) is 3.92. The predicted molar refractivity (Wildman–Crippen MR) is 50.6 cm³/mol. The maximum Gasteiger partial charge on any atom is 0.240 e. The summed E-state index contributed by atoms with van der Waals surface area (Å²) in [6.45, 7) is 2.40. The summed E-state index contributed by atoms with van der Waals surface area (Å²) in [4.78, 5) is 19.2. The molecular formula is C8H15NO6. The van der Waals surface area contributed by atoms with E-state index in [4.69, 9.17) is 20.4 Å². The largest absolute Gasteiger partial charge is 0.394 e. The van der Waals surface area contributed by atoms with Crippen molar-refractivity contribution in [2.45, 2.75) is 18.3 Å². The van der Waals surface area contributed by atoms with Crippen molar-refractivity contribution in [1.29, 1.82) is 0 Å². The fourth-order valence-corrected chi connectivity index (χ4v) is 0.416. The van der Waals surface area contributed by atoms with Crippen LogP contribution in [0.5, 0.6) is 0 Å². The Morgan fingerprint density at radius 3 is 2.00 bits per heavy atom. The van der Waals surface area contributed by atoms with Crippen LogP contribution in [0.25, 0.3) is 0 Å². The van der Waals surface area contributed by atoms with Gasteiger partial charge in [-0.1, -0.05) is 6.58 Å². The number of primary amides is 1. The molecule has 0 spiro atoms. The van der Waals surface area contributed by atoms with Gasteiger partial charge in [0.2, 0.25) is 5.91 Å². The van der Waals surface area contributed by atoms with Crippen LogP contribution in [0.2, 0.25) is 0 Å². The molecule has 0 saturated carbocycles. The molecule has 0 aromatic heterocycles. The van der Waals surface area contributed by atoms with Crippen molar-refractivity contribution in [3.05, 3.63) is 12.7 Å². The van der Waals surface area contributed by atoms with E-state index >= 15 is 0 Å². The lowest BCUT2D eigenvalue weighted by Crippen LogP contribution is -2.40. The first kappa shape index (κ1) is 16.2. The van der Waals surface area contributed by atoms with Crippen molar-refractivity contribution < 1.29 is 30.0 Å². The quantitative estimate of drug-likeness (QED) is 0.246. The van der Waals surface area contributed by atoms with Crippen molar-refractivity contribution in [1.82, 2.24) is 0 Å². The maximum atomic E-state index is 9.76. The van der Waals surface area contributed by atoms with Gasteiger partial charge in [-0.2, -0.15) is 0 Å². The fraction of sp³-hybridized carbons (Fsp3) is 0.500. The van der Waals surface area contributed by atoms with Gasteiger partial charge < -0.3 is 31.0 Å². The predicted octanol–water partition coefficient (Wildman–Crippen LogP) is -3.08. The second-order valence-corrected chi connectivity index (χ2v) is 2.47. The van der Waals surface area contributed by atoms with Crippen molar-refractivity contribution in [3.8, 4) is 0 Å². The zero-order valence-corrected chi connectivity index (χ0v) is 7.98. The minimum Gasteiger partial charge on any atom is -0.394 e. The zero-order chi connectivity index (χ0) is 12.4. The van der Waals surface area contributed by atoms with E-state index in [2.05, 4.69) is 12.3 Å². The van der Waals surface area contributed by atoms with Crippen LogP contribution in [-0.2, 0) is 9.59 Å². The van der Waals surface area contributed by atoms with Gasteiger partial charge >= 0.3 is 0 Å². The highest BCUT2D eigenvalue weighted by Gasteiger charge is 2.22. The molecule has 0 rings (SSSR count). The molecule has 0 bridgehead atoms. The molecule has 88 valence electrons. The molecule has 0 radical (unpaired) electrons. The molecule has 0 aromatic rings. The topological polar surface area (TPSA) is 141 Å². The lowest BCUT2D eigenvalue weighted by molar-refractivity contribution is -0.127. The molecule has 15 heavy (non-hydrogen) atoms. The standard InChI is InChI=1S/C5H10O5.C3H5NO/c6-1-3(8)5(10)4(9)2-7;1-2-3(4)5/h1,3-5,7-10H,2H2;2H,1H2,(H2,4,5)/t3-,4-,5-;/m1./s1. The number of carbonyl (C=O) groups is 2. The Bertz CT molecular complexity index is 207. The van der Waals surface area contributed by atoms with Crippen LogP contribution >= 0.6 is 0 Å². The fourth-order valence-electron chi connectivity index (χ4n) is 0.416. The number of aliphatic hydroxyl groups is 4. The zero-order valence-electron chi connectivity index (χ0n) is 7.98. The van der Waals surface area contributed by atoms with Crippen molar-refractivity contribution in [3.63, 3.8) is 0 Å². The van der Waals surface area contributed by atoms with E-state index in [9.17, 15) is 9.59 Å². The lowest BCUT2D eigenvalue weighted by atomic mass is 10.1. The molecule has 0 unspecified atom stereocenters. The lowest BCUT2D eigenvalue weighted by Gasteiger charge is -2.16. The normalized spacial score (nSPS) is 15.2. The summed E-state index contributed by atoms with van der Waals surface area (Å²) in [7, 11) is 0. The van der Waals surface area contributed by atoms with Crippen molar-refractivity contribution in [2.24, 2.45) is 5.73 Å². The molecule has 0 aliphatic rings. The van der Waals surface area contributed by atoms with Gasteiger partial charge in [-0.15, -0.1) is 0 Å². The number of aliphatic hydroxyl groups excluding tert-OH is 4. The molecule has 6 N–H and O–H groups in total. The van der Waals surface area contributed by atoms with Crippen LogP contribution in [0.4, 0.5) is 0 Å². The first-order valence-electron chi connectivity index (χ1n) is 3.92. The molecule has 1 amide bonds. The van der Waals surface area contributed by atoms with E-state index in [1.807, 2.05) is 0 Å². The summed E-state index contributed by atoms with van der Waals surface area (Å²) in [6.07, 6.45) is -3.58. The monoisotopic (exact) mass is 221 g/mol. The minimum atomic E-state index is -1.64. The van der Waals surface area contributed by atoms with Crippen LogP contribution in [0, 0.1) is 0 Å². The average Bonchev–Trinajstić information content (AvgIpc) is 2.26. The summed E-state index contributed by atoms with van der Waals surface area (Å²) in [6, 6.07) is 0. The van der Waals surface area contributed by atoms with E-state index in [-0.39, 0.29) is 6.29 Å². The second kappa shape index (κ2) is 9.28. The third-order valence-electron chi connectivity index (χ3n) is 1.27. The van der Waals surface area contributed by atoms with Crippen LogP contribution in [0.1, 0.15) is 0 Å². The number of amides is 1. The van der Waals surface area contributed by atoms with Gasteiger partial charge in [0.15, 0.2) is 6.29 Å². The Hall–Kier alpha value is -1.28. The maximum absolute atomic E-state index is 9.76. The summed E-state index contributed by atoms with van der Waals surface area (Å²) in [5.41, 5.74) is 4.53. The Morgan fingerprint density at radius 2 is 1.80 bits per heavy atom. The smallest absolute Gasteiger partial charge is 0.240 e. The van der Waals surface area contributed by atoms with E-state index in [0.29, 0.717) is 0 Å². The summed E-state index contributed by atoms with van der Waals surface area (Å²) >= 11 is 0. The first-order chi connectivity index (χ1) is 6.90. The molecule has 3 atom stereocenters. The van der Waals surface area contributed by atoms with Gasteiger partial charge in [0, 0.05) is 0 Å². The van der Waals surface area contributed by atoms with Gasteiger partial charge in [0.1, 0.15) is 18.3 Å².